The third-order valence-corrected chi connectivity index (χ3v) is 3.01. The Morgan fingerprint density at radius 1 is 1.29 bits per heavy atom. The fourth-order valence-electron chi connectivity index (χ4n) is 1.40. The summed E-state index contributed by atoms with van der Waals surface area (Å²) in [7, 11) is 1.79. The number of thioether (sulfide) groups is 1. The summed E-state index contributed by atoms with van der Waals surface area (Å²) >= 11 is 1.76. The van der Waals surface area contributed by atoms with Gasteiger partial charge in [0.2, 0.25) is 0 Å². The molecule has 1 rings (SSSR count). The van der Waals surface area contributed by atoms with Crippen molar-refractivity contribution < 1.29 is 0 Å². The van der Waals surface area contributed by atoms with E-state index >= 15 is 0 Å². The van der Waals surface area contributed by atoms with Crippen LogP contribution in [0.15, 0.2) is 34.2 Å². The molecule has 0 unspecified atom stereocenters. The standard InChI is InChI=1S/C13H21N3S/c1-10(2)16-13(14-3)15-9-11-5-7-12(17-4)8-6-11/h5-8,10H,9H2,1-4H3,(H2,14,15,16). The highest BCUT2D eigenvalue weighted by Gasteiger charge is 2.00. The quantitative estimate of drug-likeness (QED) is 0.490. The largest absolute Gasteiger partial charge is 0.354 e. The average Bonchev–Trinajstić information content (AvgIpc) is 2.34. The summed E-state index contributed by atoms with van der Waals surface area (Å²) in [5.74, 6) is 0.842. The molecular formula is C13H21N3S. The fourth-order valence-corrected chi connectivity index (χ4v) is 1.81. The minimum atomic E-state index is 0.389. The maximum atomic E-state index is 4.17. The van der Waals surface area contributed by atoms with Crippen LogP contribution in [0.25, 0.3) is 0 Å². The highest BCUT2D eigenvalue weighted by Crippen LogP contribution is 2.14. The van der Waals surface area contributed by atoms with E-state index in [4.69, 9.17) is 0 Å². The molecule has 0 saturated carbocycles. The molecule has 0 spiro atoms. The molecular weight excluding hydrogens is 230 g/mol. The molecule has 1 aromatic carbocycles. The zero-order valence-electron chi connectivity index (χ0n) is 10.9. The number of nitrogens with zero attached hydrogens (tertiary/aromatic N) is 1. The predicted molar refractivity (Wildman–Crippen MR) is 76.7 cm³/mol. The Labute approximate surface area is 108 Å². The molecule has 0 saturated heterocycles. The van der Waals surface area contributed by atoms with Crippen molar-refractivity contribution in [1.82, 2.24) is 10.6 Å². The lowest BCUT2D eigenvalue weighted by Crippen LogP contribution is -2.40. The van der Waals surface area contributed by atoms with Gasteiger partial charge >= 0.3 is 0 Å². The topological polar surface area (TPSA) is 36.4 Å². The van der Waals surface area contributed by atoms with Gasteiger partial charge in [-0.25, -0.2) is 0 Å². The zero-order chi connectivity index (χ0) is 12.7. The Balaban J connectivity index is 2.48. The van der Waals surface area contributed by atoms with Gasteiger partial charge in [0.1, 0.15) is 0 Å². The van der Waals surface area contributed by atoms with Gasteiger partial charge in [-0.1, -0.05) is 12.1 Å². The summed E-state index contributed by atoms with van der Waals surface area (Å²) in [6.07, 6.45) is 2.08. The average molecular weight is 251 g/mol. The van der Waals surface area contributed by atoms with Crippen molar-refractivity contribution in [1.29, 1.82) is 0 Å². The van der Waals surface area contributed by atoms with Gasteiger partial charge < -0.3 is 10.6 Å². The van der Waals surface area contributed by atoms with E-state index in [1.165, 1.54) is 10.5 Å². The van der Waals surface area contributed by atoms with Crippen LogP contribution in [-0.4, -0.2) is 25.3 Å². The second kappa shape index (κ2) is 7.22. The van der Waals surface area contributed by atoms with Gasteiger partial charge in [0.15, 0.2) is 5.96 Å². The molecule has 0 aromatic heterocycles. The molecule has 0 fully saturated rings. The molecule has 17 heavy (non-hydrogen) atoms. The maximum Gasteiger partial charge on any atom is 0.191 e. The predicted octanol–water partition coefficient (Wildman–Crippen LogP) is 2.48. The minimum Gasteiger partial charge on any atom is -0.354 e. The van der Waals surface area contributed by atoms with E-state index in [0.29, 0.717) is 6.04 Å². The van der Waals surface area contributed by atoms with Gasteiger partial charge in [-0.15, -0.1) is 11.8 Å². The third-order valence-electron chi connectivity index (χ3n) is 2.27. The van der Waals surface area contributed by atoms with Crippen molar-refractivity contribution in [3.63, 3.8) is 0 Å². The van der Waals surface area contributed by atoms with Crippen molar-refractivity contribution in [3.05, 3.63) is 29.8 Å². The maximum absolute atomic E-state index is 4.17. The van der Waals surface area contributed by atoms with Gasteiger partial charge in [-0.2, -0.15) is 0 Å². The molecule has 0 aliphatic carbocycles. The van der Waals surface area contributed by atoms with Crippen molar-refractivity contribution in [2.75, 3.05) is 13.3 Å². The lowest BCUT2D eigenvalue weighted by atomic mass is 10.2. The van der Waals surface area contributed by atoms with Crippen molar-refractivity contribution >= 4 is 17.7 Å². The van der Waals surface area contributed by atoms with Crippen molar-refractivity contribution in [2.24, 2.45) is 4.99 Å². The van der Waals surface area contributed by atoms with Crippen LogP contribution in [0.2, 0.25) is 0 Å². The molecule has 0 amide bonds. The van der Waals surface area contributed by atoms with E-state index in [2.05, 4.69) is 60.0 Å². The summed E-state index contributed by atoms with van der Waals surface area (Å²) in [6, 6.07) is 8.95. The van der Waals surface area contributed by atoms with Crippen LogP contribution in [-0.2, 0) is 6.54 Å². The monoisotopic (exact) mass is 251 g/mol. The van der Waals surface area contributed by atoms with Crippen LogP contribution in [0.1, 0.15) is 19.4 Å². The summed E-state index contributed by atoms with van der Waals surface area (Å²) in [4.78, 5) is 5.46. The minimum absolute atomic E-state index is 0.389. The molecule has 0 aliphatic heterocycles. The van der Waals surface area contributed by atoms with Crippen molar-refractivity contribution in [2.45, 2.75) is 31.3 Å². The van der Waals surface area contributed by atoms with Crippen molar-refractivity contribution in [3.8, 4) is 0 Å². The molecule has 3 nitrogen and oxygen atoms in total. The molecule has 2 N–H and O–H groups in total. The van der Waals surface area contributed by atoms with Gasteiger partial charge in [0.05, 0.1) is 0 Å². The molecule has 4 heteroatoms. The van der Waals surface area contributed by atoms with Gasteiger partial charge in [-0.3, -0.25) is 4.99 Å². The van der Waals surface area contributed by atoms with Crippen LogP contribution >= 0.6 is 11.8 Å². The second-order valence-electron chi connectivity index (χ2n) is 4.07. The van der Waals surface area contributed by atoms with E-state index in [0.717, 1.165) is 12.5 Å². The van der Waals surface area contributed by atoms with E-state index in [9.17, 15) is 0 Å². The fraction of sp³-hybridized carbons (Fsp3) is 0.462. The number of nitrogens with one attached hydrogen (secondary N) is 2. The van der Waals surface area contributed by atoms with Gasteiger partial charge in [-0.05, 0) is 37.8 Å². The number of benzene rings is 1. The van der Waals surface area contributed by atoms with Crippen LogP contribution in [0.4, 0.5) is 0 Å². The van der Waals surface area contributed by atoms with E-state index in [-0.39, 0.29) is 0 Å². The van der Waals surface area contributed by atoms with Crippen LogP contribution < -0.4 is 10.6 Å². The molecule has 0 atom stereocenters. The lowest BCUT2D eigenvalue weighted by Gasteiger charge is -2.14. The highest BCUT2D eigenvalue weighted by atomic mass is 32.2. The Morgan fingerprint density at radius 2 is 1.94 bits per heavy atom. The van der Waals surface area contributed by atoms with Crippen LogP contribution in [0, 0.1) is 0 Å². The van der Waals surface area contributed by atoms with E-state index in [1.807, 2.05) is 0 Å². The lowest BCUT2D eigenvalue weighted by molar-refractivity contribution is 0.699. The Kier molecular flexibility index (Phi) is 5.91. The normalized spacial score (nSPS) is 11.7. The van der Waals surface area contributed by atoms with Crippen LogP contribution in [0.5, 0.6) is 0 Å². The highest BCUT2D eigenvalue weighted by molar-refractivity contribution is 7.98. The summed E-state index contributed by atoms with van der Waals surface area (Å²) in [5.41, 5.74) is 1.26. The summed E-state index contributed by atoms with van der Waals surface area (Å²) in [5, 5.41) is 6.54. The number of hydrogen-bond acceptors (Lipinski definition) is 2. The molecule has 0 heterocycles. The van der Waals surface area contributed by atoms with Crippen LogP contribution in [0.3, 0.4) is 0 Å². The first-order valence-electron chi connectivity index (χ1n) is 5.76. The molecule has 0 bridgehead atoms. The second-order valence-corrected chi connectivity index (χ2v) is 4.95. The first-order valence-corrected chi connectivity index (χ1v) is 6.98. The Bertz CT molecular complexity index is 357. The first kappa shape index (κ1) is 13.9. The van der Waals surface area contributed by atoms with Gasteiger partial charge in [0.25, 0.3) is 0 Å². The summed E-state index contributed by atoms with van der Waals surface area (Å²) in [6.45, 7) is 4.99. The molecule has 1 aromatic rings. The number of aliphatic imine (C=N–C) groups is 1. The number of rotatable bonds is 4. The zero-order valence-corrected chi connectivity index (χ0v) is 11.8. The Morgan fingerprint density at radius 3 is 2.41 bits per heavy atom. The molecule has 0 radical (unpaired) electrons. The first-order chi connectivity index (χ1) is 8.15. The van der Waals surface area contributed by atoms with Gasteiger partial charge in [0, 0.05) is 24.5 Å². The third kappa shape index (κ3) is 5.13. The number of hydrogen-bond donors (Lipinski definition) is 2. The van der Waals surface area contributed by atoms with E-state index in [1.54, 1.807) is 18.8 Å². The molecule has 94 valence electrons. The SMILES string of the molecule is CN=C(NCc1ccc(SC)cc1)NC(C)C. The Hall–Kier alpha value is -1.16. The number of guanidine groups is 1. The summed E-state index contributed by atoms with van der Waals surface area (Å²) < 4.78 is 0. The molecule has 0 aliphatic rings. The smallest absolute Gasteiger partial charge is 0.191 e. The van der Waals surface area contributed by atoms with E-state index < -0.39 is 0 Å².